The minimum absolute atomic E-state index is 0.0349. The molecule has 2 N–H and O–H groups in total. The van der Waals surface area contributed by atoms with Crippen LogP contribution in [0.15, 0.2) is 33.5 Å². The molecule has 0 amide bonds. The molecule has 0 aliphatic heterocycles. The summed E-state index contributed by atoms with van der Waals surface area (Å²) in [6.45, 7) is 0. The van der Waals surface area contributed by atoms with E-state index in [0.717, 1.165) is 0 Å². The van der Waals surface area contributed by atoms with Gasteiger partial charge in [-0.15, -0.1) is 0 Å². The molecule has 6 nitrogen and oxygen atoms in total. The lowest BCUT2D eigenvalue weighted by atomic mass is 10.1. The standard InChI is InChI=1S/C15H12O6/c1-19-7-3-4-11-8(5-7)12(17)9-6-10(16)15(20-2)13(18)14(9)21-11/h3-6,16,18H,1-2H3. The van der Waals surface area contributed by atoms with Gasteiger partial charge < -0.3 is 24.1 Å². The fourth-order valence-corrected chi connectivity index (χ4v) is 2.25. The normalized spacial score (nSPS) is 11.0. The summed E-state index contributed by atoms with van der Waals surface area (Å²) in [6, 6.07) is 5.97. The minimum atomic E-state index is -0.415. The van der Waals surface area contributed by atoms with E-state index in [4.69, 9.17) is 13.9 Å². The van der Waals surface area contributed by atoms with Crippen LogP contribution in [-0.2, 0) is 0 Å². The molecule has 0 saturated heterocycles. The summed E-state index contributed by atoms with van der Waals surface area (Å²) in [5, 5.41) is 20.2. The van der Waals surface area contributed by atoms with Crippen LogP contribution in [0.1, 0.15) is 0 Å². The second-order valence-electron chi connectivity index (χ2n) is 4.45. The maximum Gasteiger partial charge on any atom is 0.206 e. The van der Waals surface area contributed by atoms with Crippen molar-refractivity contribution in [3.63, 3.8) is 0 Å². The van der Waals surface area contributed by atoms with Crippen LogP contribution in [0.2, 0.25) is 0 Å². The summed E-state index contributed by atoms with van der Waals surface area (Å²) in [5.41, 5.74) is -0.109. The Morgan fingerprint density at radius 3 is 2.48 bits per heavy atom. The summed E-state index contributed by atoms with van der Waals surface area (Å²) in [5.74, 6) is -0.381. The van der Waals surface area contributed by atoms with Crippen molar-refractivity contribution < 1.29 is 24.1 Å². The van der Waals surface area contributed by atoms with E-state index < -0.39 is 5.75 Å². The smallest absolute Gasteiger partial charge is 0.206 e. The second-order valence-corrected chi connectivity index (χ2v) is 4.45. The summed E-state index contributed by atoms with van der Waals surface area (Å²) in [6.07, 6.45) is 0. The average Bonchev–Trinajstić information content (AvgIpc) is 2.49. The van der Waals surface area contributed by atoms with Gasteiger partial charge in [-0.05, 0) is 24.3 Å². The molecule has 3 rings (SSSR count). The highest BCUT2D eigenvalue weighted by Crippen LogP contribution is 2.41. The number of ether oxygens (including phenoxy) is 2. The van der Waals surface area contributed by atoms with Gasteiger partial charge in [0.2, 0.25) is 16.9 Å². The lowest BCUT2D eigenvalue weighted by molar-refractivity contribution is 0.344. The van der Waals surface area contributed by atoms with E-state index in [2.05, 4.69) is 0 Å². The maximum atomic E-state index is 12.5. The van der Waals surface area contributed by atoms with E-state index in [1.54, 1.807) is 18.2 Å². The fraction of sp³-hybridized carbons (Fsp3) is 0.133. The zero-order valence-corrected chi connectivity index (χ0v) is 11.3. The highest BCUT2D eigenvalue weighted by molar-refractivity contribution is 5.95. The van der Waals surface area contributed by atoms with Gasteiger partial charge in [-0.25, -0.2) is 0 Å². The average molecular weight is 288 g/mol. The maximum absolute atomic E-state index is 12.5. The SMILES string of the molecule is COc1ccc2oc3c(O)c(OC)c(O)cc3c(=O)c2c1. The highest BCUT2D eigenvalue weighted by atomic mass is 16.5. The first-order valence-electron chi connectivity index (χ1n) is 6.10. The topological polar surface area (TPSA) is 89.1 Å². The number of phenols is 2. The molecule has 21 heavy (non-hydrogen) atoms. The largest absolute Gasteiger partial charge is 0.504 e. The van der Waals surface area contributed by atoms with E-state index >= 15 is 0 Å². The Bertz CT molecular complexity index is 910. The van der Waals surface area contributed by atoms with Crippen LogP contribution in [0, 0.1) is 0 Å². The van der Waals surface area contributed by atoms with Gasteiger partial charge in [-0.1, -0.05) is 0 Å². The molecule has 1 aromatic heterocycles. The molecule has 0 unspecified atom stereocenters. The van der Waals surface area contributed by atoms with Crippen molar-refractivity contribution in [3.8, 4) is 23.0 Å². The van der Waals surface area contributed by atoms with Crippen molar-refractivity contribution >= 4 is 21.9 Å². The van der Waals surface area contributed by atoms with Gasteiger partial charge in [-0.3, -0.25) is 4.79 Å². The molecular formula is C15H12O6. The Kier molecular flexibility index (Phi) is 2.86. The number of hydrogen-bond acceptors (Lipinski definition) is 6. The van der Waals surface area contributed by atoms with Gasteiger partial charge in [0.1, 0.15) is 11.3 Å². The number of phenolic OH excluding ortho intramolecular Hbond substituents is 2. The monoisotopic (exact) mass is 288 g/mol. The van der Waals surface area contributed by atoms with Gasteiger partial charge in [0, 0.05) is 0 Å². The Balaban J connectivity index is 2.50. The van der Waals surface area contributed by atoms with E-state index in [0.29, 0.717) is 16.7 Å². The quantitative estimate of drug-likeness (QED) is 0.704. The molecule has 108 valence electrons. The fourth-order valence-electron chi connectivity index (χ4n) is 2.25. The molecule has 0 radical (unpaired) electrons. The predicted molar refractivity (Wildman–Crippen MR) is 76.4 cm³/mol. The van der Waals surface area contributed by atoms with E-state index in [-0.39, 0.29) is 27.9 Å². The third-order valence-corrected chi connectivity index (χ3v) is 3.28. The lowest BCUT2D eigenvalue weighted by Crippen LogP contribution is -2.03. The molecule has 0 aliphatic carbocycles. The van der Waals surface area contributed by atoms with Gasteiger partial charge >= 0.3 is 0 Å². The second kappa shape index (κ2) is 4.59. The number of aromatic hydroxyl groups is 2. The molecule has 0 fully saturated rings. The van der Waals surface area contributed by atoms with Gasteiger partial charge in [-0.2, -0.15) is 0 Å². The zero-order chi connectivity index (χ0) is 15.1. The van der Waals surface area contributed by atoms with Crippen LogP contribution in [0.25, 0.3) is 21.9 Å². The van der Waals surface area contributed by atoms with Crippen molar-refractivity contribution in [1.29, 1.82) is 0 Å². The molecule has 6 heteroatoms. The number of fused-ring (bicyclic) bond motifs is 2. The molecule has 1 heterocycles. The molecule has 0 saturated carbocycles. The summed E-state index contributed by atoms with van der Waals surface area (Å²) >= 11 is 0. The van der Waals surface area contributed by atoms with Crippen molar-refractivity contribution in [2.24, 2.45) is 0 Å². The van der Waals surface area contributed by atoms with E-state index in [9.17, 15) is 15.0 Å². The van der Waals surface area contributed by atoms with Gasteiger partial charge in [0.25, 0.3) is 0 Å². The third-order valence-electron chi connectivity index (χ3n) is 3.28. The van der Waals surface area contributed by atoms with Crippen molar-refractivity contribution in [3.05, 3.63) is 34.5 Å². The van der Waals surface area contributed by atoms with Crippen molar-refractivity contribution in [1.82, 2.24) is 0 Å². The minimum Gasteiger partial charge on any atom is -0.504 e. The summed E-state index contributed by atoms with van der Waals surface area (Å²) in [7, 11) is 2.79. The molecule has 3 aromatic rings. The Labute approximate surface area is 118 Å². The van der Waals surface area contributed by atoms with Crippen molar-refractivity contribution in [2.45, 2.75) is 0 Å². The first-order valence-corrected chi connectivity index (χ1v) is 6.10. The predicted octanol–water partition coefficient (Wildman–Crippen LogP) is 2.37. The van der Waals surface area contributed by atoms with Crippen LogP contribution >= 0.6 is 0 Å². The Morgan fingerprint density at radius 1 is 1.05 bits per heavy atom. The van der Waals surface area contributed by atoms with E-state index in [1.165, 1.54) is 20.3 Å². The van der Waals surface area contributed by atoms with Gasteiger partial charge in [0.15, 0.2) is 11.3 Å². The molecule has 2 aromatic carbocycles. The Hall–Kier alpha value is -2.89. The molecule has 0 atom stereocenters. The Morgan fingerprint density at radius 2 is 1.81 bits per heavy atom. The van der Waals surface area contributed by atoms with E-state index in [1.807, 2.05) is 0 Å². The molecule has 0 aliphatic rings. The molecule has 0 spiro atoms. The zero-order valence-electron chi connectivity index (χ0n) is 11.3. The number of methoxy groups -OCH3 is 2. The number of hydrogen-bond donors (Lipinski definition) is 2. The lowest BCUT2D eigenvalue weighted by Gasteiger charge is -2.09. The van der Waals surface area contributed by atoms with Crippen LogP contribution < -0.4 is 14.9 Å². The summed E-state index contributed by atoms with van der Waals surface area (Å²) < 4.78 is 15.5. The van der Waals surface area contributed by atoms with Crippen LogP contribution in [0.3, 0.4) is 0 Å². The number of benzene rings is 2. The van der Waals surface area contributed by atoms with Crippen LogP contribution in [-0.4, -0.2) is 24.4 Å². The number of rotatable bonds is 2. The van der Waals surface area contributed by atoms with Crippen molar-refractivity contribution in [2.75, 3.05) is 14.2 Å². The van der Waals surface area contributed by atoms with Crippen LogP contribution in [0.4, 0.5) is 0 Å². The van der Waals surface area contributed by atoms with Crippen LogP contribution in [0.5, 0.6) is 23.0 Å². The highest BCUT2D eigenvalue weighted by Gasteiger charge is 2.19. The summed E-state index contributed by atoms with van der Waals surface area (Å²) in [4.78, 5) is 12.5. The first kappa shape index (κ1) is 13.1. The molecule has 0 bridgehead atoms. The molecular weight excluding hydrogens is 276 g/mol. The first-order chi connectivity index (χ1) is 10.1. The third kappa shape index (κ3) is 1.84. The van der Waals surface area contributed by atoms with Gasteiger partial charge in [0.05, 0.1) is 25.0 Å².